The van der Waals surface area contributed by atoms with Crippen LogP contribution in [0.25, 0.3) is 0 Å². The van der Waals surface area contributed by atoms with Gasteiger partial charge in [0.05, 0.1) is 0 Å². The third-order valence-corrected chi connectivity index (χ3v) is 4.53. The normalized spacial score (nSPS) is 20.0. The van der Waals surface area contributed by atoms with Gasteiger partial charge in [0.2, 0.25) is 0 Å². The number of anilines is 1. The van der Waals surface area contributed by atoms with Crippen molar-refractivity contribution in [1.29, 1.82) is 0 Å². The van der Waals surface area contributed by atoms with Gasteiger partial charge < -0.3 is 10.2 Å². The van der Waals surface area contributed by atoms with Crippen LogP contribution in [0.3, 0.4) is 0 Å². The van der Waals surface area contributed by atoms with Gasteiger partial charge in [0, 0.05) is 42.9 Å². The molecule has 1 atom stereocenters. The Balaban J connectivity index is 2.11. The van der Waals surface area contributed by atoms with Gasteiger partial charge in [-0.3, -0.25) is 4.90 Å². The first-order valence-corrected chi connectivity index (χ1v) is 8.51. The third kappa shape index (κ3) is 4.35. The van der Waals surface area contributed by atoms with Crippen LogP contribution in [0, 0.1) is 0 Å². The summed E-state index contributed by atoms with van der Waals surface area (Å²) in [4.78, 5) is 5.05. The molecule has 21 heavy (non-hydrogen) atoms. The van der Waals surface area contributed by atoms with Crippen molar-refractivity contribution < 1.29 is 0 Å². The lowest BCUT2D eigenvalue weighted by molar-refractivity contribution is 0.199. The molecule has 0 spiro atoms. The summed E-state index contributed by atoms with van der Waals surface area (Å²) in [5, 5.41) is 4.32. The van der Waals surface area contributed by atoms with Crippen molar-refractivity contribution in [2.75, 3.05) is 37.6 Å². The Morgan fingerprint density at radius 3 is 2.76 bits per heavy atom. The molecular weight excluding hydrogens is 282 g/mol. The maximum atomic E-state index is 6.19. The summed E-state index contributed by atoms with van der Waals surface area (Å²) < 4.78 is 0. The lowest BCUT2D eigenvalue weighted by Gasteiger charge is -2.41. The topological polar surface area (TPSA) is 18.5 Å². The Bertz CT molecular complexity index is 450. The van der Waals surface area contributed by atoms with Gasteiger partial charge in [-0.1, -0.05) is 25.4 Å². The molecule has 0 aliphatic carbocycles. The molecule has 1 aromatic carbocycles. The number of rotatable bonds is 6. The average molecular weight is 310 g/mol. The van der Waals surface area contributed by atoms with Gasteiger partial charge in [0.1, 0.15) is 0 Å². The van der Waals surface area contributed by atoms with Gasteiger partial charge in [-0.15, -0.1) is 0 Å². The quantitative estimate of drug-likeness (QED) is 0.813. The molecule has 1 unspecified atom stereocenters. The molecule has 118 valence electrons. The van der Waals surface area contributed by atoms with Gasteiger partial charge in [-0.05, 0) is 50.2 Å². The number of hydrogen-bond donors (Lipinski definition) is 1. The predicted molar refractivity (Wildman–Crippen MR) is 92.4 cm³/mol. The average Bonchev–Trinajstić information content (AvgIpc) is 2.47. The minimum Gasteiger partial charge on any atom is -0.368 e. The molecule has 1 N–H and O–H groups in total. The van der Waals surface area contributed by atoms with Gasteiger partial charge in [0.25, 0.3) is 0 Å². The molecule has 0 amide bonds. The Morgan fingerprint density at radius 1 is 1.29 bits per heavy atom. The maximum Gasteiger partial charge on any atom is 0.0413 e. The molecule has 4 heteroatoms. The van der Waals surface area contributed by atoms with Crippen LogP contribution in [0.15, 0.2) is 18.2 Å². The van der Waals surface area contributed by atoms with E-state index in [1.165, 1.54) is 11.3 Å². The van der Waals surface area contributed by atoms with Crippen molar-refractivity contribution >= 4 is 17.3 Å². The van der Waals surface area contributed by atoms with Gasteiger partial charge in [-0.25, -0.2) is 0 Å². The standard InChI is InChI=1S/C17H28ClN3/c1-4-8-19-12-15-11-16(18)6-7-17(15)21-10-9-20(5-2)14(3)13-21/h6-7,11,14,19H,4-5,8-10,12-13H2,1-3H3. The fourth-order valence-electron chi connectivity index (χ4n) is 3.09. The van der Waals surface area contributed by atoms with E-state index in [0.29, 0.717) is 6.04 Å². The fourth-order valence-corrected chi connectivity index (χ4v) is 3.28. The number of piperazine rings is 1. The minimum absolute atomic E-state index is 0.607. The molecule has 1 aliphatic heterocycles. The van der Waals surface area contributed by atoms with Crippen LogP contribution < -0.4 is 10.2 Å². The summed E-state index contributed by atoms with van der Waals surface area (Å²) in [5.74, 6) is 0. The van der Waals surface area contributed by atoms with Crippen LogP contribution in [-0.2, 0) is 6.54 Å². The number of likely N-dealkylation sites (N-methyl/N-ethyl adjacent to an activating group) is 1. The van der Waals surface area contributed by atoms with Crippen LogP contribution >= 0.6 is 11.6 Å². The van der Waals surface area contributed by atoms with Crippen molar-refractivity contribution in [3.05, 3.63) is 28.8 Å². The third-order valence-electron chi connectivity index (χ3n) is 4.30. The van der Waals surface area contributed by atoms with Crippen LogP contribution in [0.5, 0.6) is 0 Å². The highest BCUT2D eigenvalue weighted by Crippen LogP contribution is 2.26. The molecular formula is C17H28ClN3. The molecule has 1 aliphatic rings. The van der Waals surface area contributed by atoms with E-state index in [1.807, 2.05) is 6.07 Å². The van der Waals surface area contributed by atoms with Crippen LogP contribution in [0.4, 0.5) is 5.69 Å². The summed E-state index contributed by atoms with van der Waals surface area (Å²) in [6, 6.07) is 6.91. The number of halogens is 1. The van der Waals surface area contributed by atoms with E-state index in [1.54, 1.807) is 0 Å². The molecule has 3 nitrogen and oxygen atoms in total. The fraction of sp³-hybridized carbons (Fsp3) is 0.647. The Morgan fingerprint density at radius 2 is 2.10 bits per heavy atom. The summed E-state index contributed by atoms with van der Waals surface area (Å²) in [7, 11) is 0. The van der Waals surface area contributed by atoms with E-state index in [9.17, 15) is 0 Å². The number of hydrogen-bond acceptors (Lipinski definition) is 3. The van der Waals surface area contributed by atoms with Crippen molar-refractivity contribution in [2.45, 2.75) is 39.8 Å². The molecule has 0 aromatic heterocycles. The van der Waals surface area contributed by atoms with Gasteiger partial charge >= 0.3 is 0 Å². The van der Waals surface area contributed by atoms with E-state index < -0.39 is 0 Å². The molecule has 1 fully saturated rings. The van der Waals surface area contributed by atoms with E-state index in [-0.39, 0.29) is 0 Å². The molecule has 2 rings (SSSR count). The highest BCUT2D eigenvalue weighted by atomic mass is 35.5. The number of nitrogens with zero attached hydrogens (tertiary/aromatic N) is 2. The molecule has 1 aromatic rings. The summed E-state index contributed by atoms with van der Waals surface area (Å²) >= 11 is 6.19. The predicted octanol–water partition coefficient (Wildman–Crippen LogP) is 3.37. The van der Waals surface area contributed by atoms with Crippen LogP contribution in [-0.4, -0.2) is 43.7 Å². The van der Waals surface area contributed by atoms with Gasteiger partial charge in [-0.2, -0.15) is 0 Å². The van der Waals surface area contributed by atoms with E-state index in [2.05, 4.69) is 48.0 Å². The molecule has 1 saturated heterocycles. The van der Waals surface area contributed by atoms with E-state index in [0.717, 1.165) is 50.7 Å². The Labute approximate surface area is 134 Å². The zero-order valence-electron chi connectivity index (χ0n) is 13.5. The lowest BCUT2D eigenvalue weighted by Crippen LogP contribution is -2.52. The lowest BCUT2D eigenvalue weighted by atomic mass is 10.1. The first-order chi connectivity index (χ1) is 10.2. The molecule has 0 radical (unpaired) electrons. The zero-order chi connectivity index (χ0) is 15.2. The van der Waals surface area contributed by atoms with Gasteiger partial charge in [0.15, 0.2) is 0 Å². The molecule has 0 bridgehead atoms. The smallest absolute Gasteiger partial charge is 0.0413 e. The summed E-state index contributed by atoms with van der Waals surface area (Å²) in [6.45, 7) is 13.2. The van der Waals surface area contributed by atoms with Crippen molar-refractivity contribution in [2.24, 2.45) is 0 Å². The maximum absolute atomic E-state index is 6.19. The molecule has 0 saturated carbocycles. The van der Waals surface area contributed by atoms with Crippen LogP contribution in [0.2, 0.25) is 5.02 Å². The molecule has 1 heterocycles. The summed E-state index contributed by atoms with van der Waals surface area (Å²) in [6.07, 6.45) is 1.15. The van der Waals surface area contributed by atoms with Crippen LogP contribution in [0.1, 0.15) is 32.8 Å². The first kappa shape index (κ1) is 16.6. The van der Waals surface area contributed by atoms with E-state index >= 15 is 0 Å². The van der Waals surface area contributed by atoms with Crippen molar-refractivity contribution in [3.8, 4) is 0 Å². The summed E-state index contributed by atoms with van der Waals surface area (Å²) in [5.41, 5.74) is 2.65. The zero-order valence-corrected chi connectivity index (χ0v) is 14.3. The highest BCUT2D eigenvalue weighted by molar-refractivity contribution is 6.30. The second-order valence-corrected chi connectivity index (χ2v) is 6.31. The Kier molecular flexibility index (Phi) is 6.34. The van der Waals surface area contributed by atoms with Crippen molar-refractivity contribution in [3.63, 3.8) is 0 Å². The number of nitrogens with one attached hydrogen (secondary N) is 1. The van der Waals surface area contributed by atoms with Crippen molar-refractivity contribution in [1.82, 2.24) is 10.2 Å². The second kappa shape index (κ2) is 8.02. The highest BCUT2D eigenvalue weighted by Gasteiger charge is 2.23. The first-order valence-electron chi connectivity index (χ1n) is 8.13. The monoisotopic (exact) mass is 309 g/mol. The Hall–Kier alpha value is -0.770. The minimum atomic E-state index is 0.607. The SMILES string of the molecule is CCCNCc1cc(Cl)ccc1N1CCN(CC)C(C)C1. The largest absolute Gasteiger partial charge is 0.368 e. The van der Waals surface area contributed by atoms with E-state index in [4.69, 9.17) is 11.6 Å². The second-order valence-electron chi connectivity index (χ2n) is 5.87. The number of benzene rings is 1.